The lowest BCUT2D eigenvalue weighted by Gasteiger charge is -2.24. The van der Waals surface area contributed by atoms with E-state index in [1.54, 1.807) is 0 Å². The number of rotatable bonds is 3. The van der Waals surface area contributed by atoms with Crippen molar-refractivity contribution in [2.24, 2.45) is 0 Å². The van der Waals surface area contributed by atoms with Crippen molar-refractivity contribution in [3.05, 3.63) is 23.8 Å². The van der Waals surface area contributed by atoms with Crippen molar-refractivity contribution >= 4 is 5.69 Å². The molecule has 0 aliphatic carbocycles. The highest BCUT2D eigenvalue weighted by molar-refractivity contribution is 5.63. The Labute approximate surface area is 115 Å². The van der Waals surface area contributed by atoms with E-state index < -0.39 is 0 Å². The van der Waals surface area contributed by atoms with Gasteiger partial charge >= 0.3 is 0 Å². The van der Waals surface area contributed by atoms with Gasteiger partial charge in [0, 0.05) is 25.7 Å². The van der Waals surface area contributed by atoms with Crippen LogP contribution in [-0.2, 0) is 6.42 Å². The van der Waals surface area contributed by atoms with E-state index in [1.807, 2.05) is 0 Å². The Morgan fingerprint density at radius 2 is 2.26 bits per heavy atom. The fraction of sp³-hybridized carbons (Fsp3) is 0.625. The molecule has 0 radical (unpaired) electrons. The highest BCUT2D eigenvalue weighted by atomic mass is 16.5. The third-order valence-electron chi connectivity index (χ3n) is 4.24. The minimum Gasteiger partial charge on any atom is -0.487 e. The molecule has 0 spiro atoms. The maximum absolute atomic E-state index is 6.25. The zero-order chi connectivity index (χ0) is 13.2. The predicted molar refractivity (Wildman–Crippen MR) is 79.0 cm³/mol. The summed E-state index contributed by atoms with van der Waals surface area (Å²) in [6.45, 7) is 7.80. The van der Waals surface area contributed by atoms with E-state index in [0.29, 0.717) is 12.1 Å². The molecule has 2 heterocycles. The van der Waals surface area contributed by atoms with Crippen LogP contribution >= 0.6 is 0 Å². The van der Waals surface area contributed by atoms with Gasteiger partial charge in [0.05, 0.1) is 5.69 Å². The molecule has 1 saturated heterocycles. The van der Waals surface area contributed by atoms with E-state index >= 15 is 0 Å². The molecule has 3 nitrogen and oxygen atoms in total. The van der Waals surface area contributed by atoms with Crippen LogP contribution in [0.15, 0.2) is 18.2 Å². The number of ether oxygens (including phenoxy) is 1. The van der Waals surface area contributed by atoms with E-state index in [-0.39, 0.29) is 0 Å². The molecule has 0 amide bonds. The number of benzene rings is 1. The van der Waals surface area contributed by atoms with Crippen LogP contribution in [0.1, 0.15) is 32.3 Å². The molecule has 2 aliphatic heterocycles. The number of aryl methyl sites for hydroxylation is 1. The van der Waals surface area contributed by atoms with Crippen LogP contribution in [0, 0.1) is 0 Å². The first-order chi connectivity index (χ1) is 9.24. The lowest BCUT2D eigenvalue weighted by molar-refractivity contribution is 0.188. The van der Waals surface area contributed by atoms with Gasteiger partial charge < -0.3 is 10.1 Å². The van der Waals surface area contributed by atoms with Crippen molar-refractivity contribution in [2.45, 2.75) is 45.3 Å². The van der Waals surface area contributed by atoms with Gasteiger partial charge in [-0.2, -0.15) is 0 Å². The second-order valence-corrected chi connectivity index (χ2v) is 5.94. The third-order valence-corrected chi connectivity index (χ3v) is 4.24. The van der Waals surface area contributed by atoms with Crippen LogP contribution in [0.4, 0.5) is 5.69 Å². The van der Waals surface area contributed by atoms with Crippen molar-refractivity contribution in [1.82, 2.24) is 4.90 Å². The van der Waals surface area contributed by atoms with Crippen LogP contribution < -0.4 is 10.1 Å². The Morgan fingerprint density at radius 1 is 1.37 bits per heavy atom. The number of anilines is 1. The molecule has 19 heavy (non-hydrogen) atoms. The lowest BCUT2D eigenvalue weighted by Crippen LogP contribution is -2.30. The van der Waals surface area contributed by atoms with Gasteiger partial charge in [0.2, 0.25) is 0 Å². The van der Waals surface area contributed by atoms with Crippen molar-refractivity contribution in [1.29, 1.82) is 0 Å². The minimum atomic E-state index is 0.345. The molecule has 3 heteroatoms. The maximum Gasteiger partial charge on any atom is 0.143 e. The number of hydrogen-bond acceptors (Lipinski definition) is 3. The van der Waals surface area contributed by atoms with Crippen molar-refractivity contribution in [3.63, 3.8) is 0 Å². The Morgan fingerprint density at radius 3 is 3.05 bits per heavy atom. The van der Waals surface area contributed by atoms with E-state index in [0.717, 1.165) is 31.8 Å². The van der Waals surface area contributed by atoms with Crippen LogP contribution in [0.5, 0.6) is 5.75 Å². The van der Waals surface area contributed by atoms with Gasteiger partial charge in [-0.05, 0) is 44.7 Å². The van der Waals surface area contributed by atoms with Gasteiger partial charge in [0.15, 0.2) is 0 Å². The van der Waals surface area contributed by atoms with Crippen LogP contribution in [0.25, 0.3) is 0 Å². The molecular weight excluding hydrogens is 236 g/mol. The molecular formula is C16H24N2O. The molecule has 1 aromatic rings. The molecule has 0 aromatic heterocycles. The maximum atomic E-state index is 6.25. The van der Waals surface area contributed by atoms with Crippen molar-refractivity contribution < 1.29 is 4.74 Å². The molecule has 1 N–H and O–H groups in total. The molecule has 1 atom stereocenters. The monoisotopic (exact) mass is 260 g/mol. The van der Waals surface area contributed by atoms with Crippen LogP contribution in [-0.4, -0.2) is 36.7 Å². The van der Waals surface area contributed by atoms with E-state index in [9.17, 15) is 0 Å². The Hall–Kier alpha value is -1.22. The summed E-state index contributed by atoms with van der Waals surface area (Å²) in [6.07, 6.45) is 3.88. The Kier molecular flexibility index (Phi) is 3.65. The summed E-state index contributed by atoms with van der Waals surface area (Å²) in [4.78, 5) is 2.49. The zero-order valence-electron chi connectivity index (χ0n) is 12.0. The summed E-state index contributed by atoms with van der Waals surface area (Å²) >= 11 is 0. The first-order valence-corrected chi connectivity index (χ1v) is 7.50. The first kappa shape index (κ1) is 12.8. The van der Waals surface area contributed by atoms with Crippen molar-refractivity contribution in [3.8, 4) is 5.75 Å². The predicted octanol–water partition coefficient (Wildman–Crippen LogP) is 2.91. The van der Waals surface area contributed by atoms with Crippen LogP contribution in [0.3, 0.4) is 0 Å². The fourth-order valence-electron chi connectivity index (χ4n) is 3.07. The fourth-order valence-corrected chi connectivity index (χ4v) is 3.07. The SMILES string of the molecule is CC(C)N1CCC(Oc2cccc3c2NCCC3)C1. The number of fused-ring (bicyclic) bond motifs is 1. The lowest BCUT2D eigenvalue weighted by atomic mass is 10.0. The largest absolute Gasteiger partial charge is 0.487 e. The van der Waals surface area contributed by atoms with Gasteiger partial charge in [-0.1, -0.05) is 12.1 Å². The number of nitrogens with one attached hydrogen (secondary N) is 1. The molecule has 1 aromatic carbocycles. The summed E-state index contributed by atoms with van der Waals surface area (Å²) in [6, 6.07) is 7.06. The number of nitrogens with zero attached hydrogens (tertiary/aromatic N) is 1. The summed E-state index contributed by atoms with van der Waals surface area (Å²) < 4.78 is 6.25. The standard InChI is InChI=1S/C16H24N2O/c1-12(2)18-10-8-14(11-18)19-15-7-3-5-13-6-4-9-17-16(13)15/h3,5,7,12,14,17H,4,6,8-11H2,1-2H3. The first-order valence-electron chi connectivity index (χ1n) is 7.50. The van der Waals surface area contributed by atoms with E-state index in [1.165, 1.54) is 24.1 Å². The second-order valence-electron chi connectivity index (χ2n) is 5.94. The number of likely N-dealkylation sites (tertiary alicyclic amines) is 1. The van der Waals surface area contributed by atoms with Crippen molar-refractivity contribution in [2.75, 3.05) is 25.0 Å². The quantitative estimate of drug-likeness (QED) is 0.904. The highest BCUT2D eigenvalue weighted by Crippen LogP contribution is 2.33. The van der Waals surface area contributed by atoms with Gasteiger partial charge in [0.25, 0.3) is 0 Å². The summed E-state index contributed by atoms with van der Waals surface area (Å²) in [5.41, 5.74) is 2.64. The summed E-state index contributed by atoms with van der Waals surface area (Å²) in [5.74, 6) is 1.05. The van der Waals surface area contributed by atoms with Crippen LogP contribution in [0.2, 0.25) is 0 Å². The molecule has 104 valence electrons. The highest BCUT2D eigenvalue weighted by Gasteiger charge is 2.26. The normalized spacial score (nSPS) is 23.2. The van der Waals surface area contributed by atoms with Gasteiger partial charge in [0.1, 0.15) is 11.9 Å². The zero-order valence-corrected chi connectivity index (χ0v) is 12.0. The van der Waals surface area contributed by atoms with Gasteiger partial charge in [-0.3, -0.25) is 4.90 Å². The average molecular weight is 260 g/mol. The Bertz CT molecular complexity index is 444. The van der Waals surface area contributed by atoms with E-state index in [4.69, 9.17) is 4.74 Å². The molecule has 1 unspecified atom stereocenters. The average Bonchev–Trinajstić information content (AvgIpc) is 2.88. The molecule has 0 saturated carbocycles. The van der Waals surface area contributed by atoms with E-state index in [2.05, 4.69) is 42.3 Å². The summed E-state index contributed by atoms with van der Waals surface area (Å²) in [7, 11) is 0. The third kappa shape index (κ3) is 2.71. The smallest absolute Gasteiger partial charge is 0.143 e. The molecule has 0 bridgehead atoms. The topological polar surface area (TPSA) is 24.5 Å². The van der Waals surface area contributed by atoms with Gasteiger partial charge in [-0.25, -0.2) is 0 Å². The minimum absolute atomic E-state index is 0.345. The molecule has 3 rings (SSSR count). The molecule has 2 aliphatic rings. The van der Waals surface area contributed by atoms with Gasteiger partial charge in [-0.15, -0.1) is 0 Å². The Balaban J connectivity index is 1.71. The second kappa shape index (κ2) is 5.41. The number of para-hydroxylation sites is 1. The molecule has 1 fully saturated rings. The number of hydrogen-bond donors (Lipinski definition) is 1. The summed E-state index contributed by atoms with van der Waals surface area (Å²) in [5, 5.41) is 3.50.